The van der Waals surface area contributed by atoms with Crippen LogP contribution in [0.2, 0.25) is 0 Å². The SMILES string of the molecule is CC1(C)C[C@@](C)(c2cncc(NC(=O)c3ccc(C#N)cn3)c2)N=C(N)S1. The molecule has 0 bridgehead atoms. The molecule has 0 spiro atoms. The first-order valence-corrected chi connectivity index (χ1v) is 9.20. The van der Waals surface area contributed by atoms with Gasteiger partial charge < -0.3 is 11.1 Å². The quantitative estimate of drug-likeness (QED) is 0.845. The lowest BCUT2D eigenvalue weighted by atomic mass is 9.84. The summed E-state index contributed by atoms with van der Waals surface area (Å²) < 4.78 is -0.0494. The molecule has 0 radical (unpaired) electrons. The van der Waals surface area contributed by atoms with Crippen LogP contribution in [-0.2, 0) is 5.54 Å². The molecule has 1 aliphatic heterocycles. The van der Waals surface area contributed by atoms with E-state index in [4.69, 9.17) is 11.0 Å². The van der Waals surface area contributed by atoms with Crippen LogP contribution < -0.4 is 11.1 Å². The molecule has 7 nitrogen and oxygen atoms in total. The number of amides is 1. The summed E-state index contributed by atoms with van der Waals surface area (Å²) in [5, 5.41) is 12.2. The van der Waals surface area contributed by atoms with Crippen molar-refractivity contribution in [1.29, 1.82) is 5.26 Å². The standard InChI is InChI=1S/C19H20N6OS/c1-18(2)11-19(3,25-17(21)27-18)13-6-14(10-22-9-13)24-16(26)15-5-4-12(7-20)8-23-15/h4-6,8-10H,11H2,1-3H3,(H2,21,25)(H,24,26)/t19-/m0/s1. The zero-order chi connectivity index (χ0) is 19.7. The van der Waals surface area contributed by atoms with E-state index in [1.807, 2.05) is 19.1 Å². The highest BCUT2D eigenvalue weighted by Crippen LogP contribution is 2.44. The van der Waals surface area contributed by atoms with Crippen LogP contribution >= 0.6 is 11.8 Å². The molecule has 1 atom stereocenters. The highest BCUT2D eigenvalue weighted by Gasteiger charge is 2.39. The number of aromatic nitrogens is 2. The summed E-state index contributed by atoms with van der Waals surface area (Å²) in [6.45, 7) is 6.28. The summed E-state index contributed by atoms with van der Waals surface area (Å²) in [6, 6.07) is 6.90. The Morgan fingerprint density at radius 2 is 2.07 bits per heavy atom. The summed E-state index contributed by atoms with van der Waals surface area (Å²) >= 11 is 1.56. The van der Waals surface area contributed by atoms with Gasteiger partial charge in [0.15, 0.2) is 5.17 Å². The normalized spacial score (nSPS) is 21.0. The number of nitriles is 1. The summed E-state index contributed by atoms with van der Waals surface area (Å²) in [6.07, 6.45) is 5.48. The predicted molar refractivity (Wildman–Crippen MR) is 106 cm³/mol. The number of rotatable bonds is 3. The number of thioether (sulfide) groups is 1. The molecule has 3 rings (SSSR count). The summed E-state index contributed by atoms with van der Waals surface area (Å²) in [5.41, 5.74) is 7.57. The van der Waals surface area contributed by atoms with E-state index in [0.29, 0.717) is 16.4 Å². The molecule has 0 aromatic carbocycles. The molecule has 8 heteroatoms. The maximum atomic E-state index is 12.4. The molecule has 1 amide bonds. The largest absolute Gasteiger partial charge is 0.378 e. The molecule has 0 unspecified atom stereocenters. The molecule has 0 aliphatic carbocycles. The average molecular weight is 380 g/mol. The van der Waals surface area contributed by atoms with Gasteiger partial charge in [0.2, 0.25) is 0 Å². The minimum atomic E-state index is -0.515. The average Bonchev–Trinajstić information content (AvgIpc) is 2.60. The Bertz CT molecular complexity index is 947. The summed E-state index contributed by atoms with van der Waals surface area (Å²) in [5.74, 6) is -0.369. The van der Waals surface area contributed by atoms with Crippen LogP contribution in [-0.4, -0.2) is 25.8 Å². The Kier molecular flexibility index (Phi) is 4.89. The van der Waals surface area contributed by atoms with Gasteiger partial charge in [0.1, 0.15) is 11.8 Å². The van der Waals surface area contributed by atoms with Crippen LogP contribution in [0.25, 0.3) is 0 Å². The van der Waals surface area contributed by atoms with Gasteiger partial charge in [-0.05, 0) is 37.1 Å². The number of carbonyl (C=O) groups is 1. The van der Waals surface area contributed by atoms with Gasteiger partial charge in [-0.3, -0.25) is 14.8 Å². The van der Waals surface area contributed by atoms with Gasteiger partial charge in [-0.15, -0.1) is 0 Å². The zero-order valence-corrected chi connectivity index (χ0v) is 16.2. The number of amidine groups is 1. The summed E-state index contributed by atoms with van der Waals surface area (Å²) in [7, 11) is 0. The zero-order valence-electron chi connectivity index (χ0n) is 15.4. The third-order valence-electron chi connectivity index (χ3n) is 4.25. The van der Waals surface area contributed by atoms with Gasteiger partial charge in [0.25, 0.3) is 5.91 Å². The number of nitrogens with zero attached hydrogens (tertiary/aromatic N) is 4. The first-order valence-electron chi connectivity index (χ1n) is 8.38. The molecule has 27 heavy (non-hydrogen) atoms. The Labute approximate surface area is 162 Å². The van der Waals surface area contributed by atoms with Gasteiger partial charge in [0.05, 0.1) is 23.0 Å². The van der Waals surface area contributed by atoms with Crippen LogP contribution in [0, 0.1) is 11.3 Å². The minimum absolute atomic E-state index is 0.0494. The fraction of sp³-hybridized carbons (Fsp3) is 0.316. The van der Waals surface area contributed by atoms with Gasteiger partial charge >= 0.3 is 0 Å². The van der Waals surface area contributed by atoms with Crippen molar-refractivity contribution in [2.45, 2.75) is 37.5 Å². The molecule has 0 saturated carbocycles. The molecule has 3 heterocycles. The summed E-state index contributed by atoms with van der Waals surface area (Å²) in [4.78, 5) is 25.3. The second-order valence-corrected chi connectivity index (χ2v) is 8.95. The van der Waals surface area contributed by atoms with E-state index in [2.05, 4.69) is 34.1 Å². The maximum absolute atomic E-state index is 12.4. The Balaban J connectivity index is 1.84. The highest BCUT2D eigenvalue weighted by atomic mass is 32.2. The van der Waals surface area contributed by atoms with Crippen molar-refractivity contribution in [3.63, 3.8) is 0 Å². The van der Waals surface area contributed by atoms with E-state index in [0.717, 1.165) is 12.0 Å². The molecule has 3 N–H and O–H groups in total. The number of anilines is 1. The first-order chi connectivity index (χ1) is 12.7. The van der Waals surface area contributed by atoms with Crippen LogP contribution in [0.1, 0.15) is 48.8 Å². The number of pyridine rings is 2. The molecule has 138 valence electrons. The maximum Gasteiger partial charge on any atom is 0.274 e. The number of nitrogens with two attached hydrogens (primary N) is 1. The Morgan fingerprint density at radius 3 is 2.70 bits per heavy atom. The van der Waals surface area contributed by atoms with E-state index >= 15 is 0 Å². The third kappa shape index (κ3) is 4.26. The second kappa shape index (κ2) is 7.00. The van der Waals surface area contributed by atoms with Crippen molar-refractivity contribution in [1.82, 2.24) is 9.97 Å². The van der Waals surface area contributed by atoms with Crippen molar-refractivity contribution >= 4 is 28.5 Å². The van der Waals surface area contributed by atoms with Crippen LogP contribution in [0.4, 0.5) is 5.69 Å². The molecule has 0 saturated heterocycles. The van der Waals surface area contributed by atoms with Crippen molar-refractivity contribution in [3.05, 3.63) is 53.6 Å². The fourth-order valence-corrected chi connectivity index (χ4v) is 4.38. The van der Waals surface area contributed by atoms with E-state index in [1.54, 1.807) is 30.2 Å². The van der Waals surface area contributed by atoms with Crippen LogP contribution in [0.15, 0.2) is 41.8 Å². The van der Waals surface area contributed by atoms with E-state index in [-0.39, 0.29) is 16.3 Å². The molecular weight excluding hydrogens is 360 g/mol. The monoisotopic (exact) mass is 380 g/mol. The van der Waals surface area contributed by atoms with Crippen LogP contribution in [0.5, 0.6) is 0 Å². The number of hydrogen-bond acceptors (Lipinski definition) is 7. The lowest BCUT2D eigenvalue weighted by Crippen LogP contribution is -2.38. The predicted octanol–water partition coefficient (Wildman–Crippen LogP) is 3.05. The lowest BCUT2D eigenvalue weighted by molar-refractivity contribution is 0.102. The van der Waals surface area contributed by atoms with Crippen molar-refractivity contribution in [2.24, 2.45) is 10.7 Å². The number of nitrogens with one attached hydrogen (secondary N) is 1. The second-order valence-electron chi connectivity index (χ2n) is 7.22. The van der Waals surface area contributed by atoms with E-state index < -0.39 is 5.54 Å². The molecule has 2 aromatic heterocycles. The number of carbonyl (C=O) groups excluding carboxylic acids is 1. The van der Waals surface area contributed by atoms with Crippen molar-refractivity contribution in [2.75, 3.05) is 5.32 Å². The lowest BCUT2D eigenvalue weighted by Gasteiger charge is -2.39. The third-order valence-corrected chi connectivity index (χ3v) is 5.25. The van der Waals surface area contributed by atoms with E-state index in [9.17, 15) is 4.79 Å². The van der Waals surface area contributed by atoms with Gasteiger partial charge in [0, 0.05) is 17.1 Å². The Hall–Kier alpha value is -2.92. The number of hydrogen-bond donors (Lipinski definition) is 2. The van der Waals surface area contributed by atoms with Gasteiger partial charge in [-0.25, -0.2) is 4.98 Å². The molecule has 2 aromatic rings. The van der Waals surface area contributed by atoms with Crippen LogP contribution in [0.3, 0.4) is 0 Å². The minimum Gasteiger partial charge on any atom is -0.378 e. The molecule has 1 aliphatic rings. The fourth-order valence-electron chi connectivity index (χ4n) is 3.21. The molecule has 0 fully saturated rings. The van der Waals surface area contributed by atoms with E-state index in [1.165, 1.54) is 12.3 Å². The smallest absolute Gasteiger partial charge is 0.274 e. The number of aliphatic imine (C=N–C) groups is 1. The van der Waals surface area contributed by atoms with Crippen molar-refractivity contribution < 1.29 is 4.79 Å². The van der Waals surface area contributed by atoms with Crippen molar-refractivity contribution in [3.8, 4) is 6.07 Å². The molecular formula is C19H20N6OS. The highest BCUT2D eigenvalue weighted by molar-refractivity contribution is 8.15. The Morgan fingerprint density at radius 1 is 1.30 bits per heavy atom. The first kappa shape index (κ1) is 18.9. The topological polar surface area (TPSA) is 117 Å². The van der Waals surface area contributed by atoms with Gasteiger partial charge in [-0.1, -0.05) is 25.6 Å². The van der Waals surface area contributed by atoms with Gasteiger partial charge in [-0.2, -0.15) is 5.26 Å².